The first-order valence-electron chi connectivity index (χ1n) is 7.98. The Morgan fingerprint density at radius 1 is 0.810 bits per heavy atom. The van der Waals surface area contributed by atoms with Gasteiger partial charge >= 0.3 is 128 Å². The molecule has 2 aromatic carbocycles. The van der Waals surface area contributed by atoms with Gasteiger partial charge in [0.15, 0.2) is 0 Å². The predicted octanol–water partition coefficient (Wildman–Crippen LogP) is 3.96. The Labute approximate surface area is 128 Å². The Balaban J connectivity index is 2.22. The number of hydrogen-bond acceptors (Lipinski definition) is 0. The van der Waals surface area contributed by atoms with E-state index < -0.39 is 6.60 Å². The van der Waals surface area contributed by atoms with Gasteiger partial charge in [0.2, 0.25) is 0 Å². The molecule has 1 heteroatoms. The second-order valence-electron chi connectivity index (χ2n) is 8.40. The quantitative estimate of drug-likeness (QED) is 0.646. The Hall–Kier alpha value is -1.13. The van der Waals surface area contributed by atoms with Crippen molar-refractivity contribution in [2.75, 3.05) is 0 Å². The second-order valence-corrected chi connectivity index (χ2v) is 14.6. The number of rotatable bonds is 0. The van der Waals surface area contributed by atoms with Crippen molar-refractivity contribution in [1.82, 2.24) is 0 Å². The molecule has 0 radical (unpaired) electrons. The van der Waals surface area contributed by atoms with E-state index in [0.717, 1.165) is 0 Å². The third-order valence-corrected chi connectivity index (χ3v) is 15.6. The number of fused-ring (bicyclic) bond motifs is 5. The van der Waals surface area contributed by atoms with Crippen LogP contribution in [-0.4, -0.2) is 10.3 Å². The SMILES string of the molecule is CC(C)(C)P12(c3ccccc3CC1(C)C)c1ccccc12. The van der Waals surface area contributed by atoms with Crippen molar-refractivity contribution in [3.63, 3.8) is 0 Å². The van der Waals surface area contributed by atoms with Gasteiger partial charge in [-0.2, -0.15) is 0 Å². The fourth-order valence-corrected chi connectivity index (χ4v) is 16.3. The monoisotopic (exact) mass is 296 g/mol. The van der Waals surface area contributed by atoms with E-state index in [9.17, 15) is 0 Å². The van der Waals surface area contributed by atoms with E-state index in [-0.39, 0.29) is 5.16 Å². The van der Waals surface area contributed by atoms with E-state index in [0.29, 0.717) is 5.16 Å². The molecular weight excluding hydrogens is 271 g/mol. The van der Waals surface area contributed by atoms with Crippen molar-refractivity contribution < 1.29 is 0 Å². The molecule has 0 saturated carbocycles. The van der Waals surface area contributed by atoms with Crippen LogP contribution in [-0.2, 0) is 6.42 Å². The summed E-state index contributed by atoms with van der Waals surface area (Å²) in [4.78, 5) is 0. The molecule has 0 aliphatic carbocycles. The van der Waals surface area contributed by atoms with Crippen LogP contribution in [0, 0.1) is 0 Å². The summed E-state index contributed by atoms with van der Waals surface area (Å²) in [5.74, 6) is 0. The fourth-order valence-electron chi connectivity index (χ4n) is 6.08. The summed E-state index contributed by atoms with van der Waals surface area (Å²) in [6, 6.07) is 18.6. The van der Waals surface area contributed by atoms with E-state index in [2.05, 4.69) is 83.1 Å². The molecular formula is C20H25P. The summed E-state index contributed by atoms with van der Waals surface area (Å²) in [6.45, 7) is 10.3. The van der Waals surface area contributed by atoms with Crippen LogP contribution in [0.1, 0.15) is 40.2 Å². The molecule has 0 nitrogen and oxygen atoms in total. The van der Waals surface area contributed by atoms with Crippen molar-refractivity contribution in [2.45, 2.75) is 51.4 Å². The van der Waals surface area contributed by atoms with Gasteiger partial charge in [-0.15, -0.1) is 0 Å². The van der Waals surface area contributed by atoms with E-state index in [1.807, 2.05) is 0 Å². The van der Waals surface area contributed by atoms with Gasteiger partial charge in [0.1, 0.15) is 0 Å². The Bertz CT molecular complexity index is 738. The third kappa shape index (κ3) is 1.04. The standard InChI is InChI=1S/C20H25P/c1-19(2,3)21(17-12-8-9-13-18(17)21)16-11-7-6-10-15(16)14-20(21,4)5/h6-13H,14H2,1-5H3. The van der Waals surface area contributed by atoms with Crippen LogP contribution in [0.25, 0.3) is 0 Å². The van der Waals surface area contributed by atoms with Crippen LogP contribution in [0.3, 0.4) is 0 Å². The van der Waals surface area contributed by atoms with Crippen LogP contribution in [0.2, 0.25) is 0 Å². The first kappa shape index (κ1) is 13.5. The average Bonchev–Trinajstić information content (AvgIpc) is 2.98. The van der Waals surface area contributed by atoms with Crippen LogP contribution >= 0.6 is 6.60 Å². The van der Waals surface area contributed by atoms with E-state index in [1.165, 1.54) is 6.42 Å². The third-order valence-electron chi connectivity index (χ3n) is 6.44. The topological polar surface area (TPSA) is 0 Å². The second kappa shape index (κ2) is 3.44. The molecule has 0 saturated heterocycles. The summed E-state index contributed by atoms with van der Waals surface area (Å²) in [7, 11) is 0. The van der Waals surface area contributed by atoms with Crippen LogP contribution in [0.15, 0.2) is 48.5 Å². The van der Waals surface area contributed by atoms with Gasteiger partial charge in [-0.3, -0.25) is 0 Å². The Kier molecular flexibility index (Phi) is 2.21. The van der Waals surface area contributed by atoms with E-state index in [1.54, 1.807) is 21.5 Å². The molecule has 0 amide bonds. The molecule has 2 aromatic rings. The van der Waals surface area contributed by atoms with Crippen LogP contribution in [0.4, 0.5) is 0 Å². The van der Waals surface area contributed by atoms with Crippen LogP contribution < -0.4 is 15.9 Å². The molecule has 0 unspecified atom stereocenters. The Morgan fingerprint density at radius 2 is 1.29 bits per heavy atom. The van der Waals surface area contributed by atoms with E-state index >= 15 is 0 Å². The molecule has 2 aliphatic rings. The molecule has 2 aliphatic heterocycles. The van der Waals surface area contributed by atoms with Gasteiger partial charge in [-0.25, -0.2) is 0 Å². The van der Waals surface area contributed by atoms with Crippen molar-refractivity contribution in [3.05, 3.63) is 54.1 Å². The molecule has 4 rings (SSSR count). The zero-order chi connectivity index (χ0) is 15.1. The molecule has 0 aromatic heterocycles. The molecule has 21 heavy (non-hydrogen) atoms. The maximum absolute atomic E-state index is 2.52. The predicted molar refractivity (Wildman–Crippen MR) is 96.2 cm³/mol. The van der Waals surface area contributed by atoms with Crippen molar-refractivity contribution in [3.8, 4) is 0 Å². The van der Waals surface area contributed by atoms with Gasteiger partial charge in [-0.05, 0) is 0 Å². The van der Waals surface area contributed by atoms with Crippen molar-refractivity contribution >= 4 is 22.5 Å². The molecule has 0 fully saturated rings. The summed E-state index contributed by atoms with van der Waals surface area (Å²) in [5.41, 5.74) is 1.59. The fraction of sp³-hybridized carbons (Fsp3) is 0.400. The zero-order valence-corrected chi connectivity index (χ0v) is 14.7. The molecule has 1 spiro atoms. The van der Waals surface area contributed by atoms with Gasteiger partial charge in [0.05, 0.1) is 0 Å². The van der Waals surface area contributed by atoms with E-state index in [4.69, 9.17) is 0 Å². The summed E-state index contributed by atoms with van der Waals surface area (Å²) in [5, 5.41) is 5.67. The van der Waals surface area contributed by atoms with Crippen molar-refractivity contribution in [2.24, 2.45) is 0 Å². The summed E-state index contributed by atoms with van der Waals surface area (Å²) >= 11 is 0. The first-order chi connectivity index (χ1) is 9.78. The number of hydrogen-bond donors (Lipinski definition) is 0. The number of benzene rings is 2. The zero-order valence-electron chi connectivity index (χ0n) is 13.8. The first-order valence-corrected chi connectivity index (χ1v) is 10.2. The average molecular weight is 296 g/mol. The van der Waals surface area contributed by atoms with Gasteiger partial charge in [-0.1, -0.05) is 0 Å². The van der Waals surface area contributed by atoms with Crippen LogP contribution in [0.5, 0.6) is 0 Å². The van der Waals surface area contributed by atoms with Gasteiger partial charge in [0.25, 0.3) is 0 Å². The minimum absolute atomic E-state index is 0.283. The minimum atomic E-state index is -2.23. The van der Waals surface area contributed by atoms with Crippen molar-refractivity contribution in [1.29, 1.82) is 0 Å². The molecule has 0 bridgehead atoms. The summed E-state index contributed by atoms with van der Waals surface area (Å²) in [6.07, 6.45) is 1.22. The molecule has 0 atom stereocenters. The normalized spacial score (nSPS) is 24.7. The summed E-state index contributed by atoms with van der Waals surface area (Å²) < 4.78 is 0. The van der Waals surface area contributed by atoms with Gasteiger partial charge < -0.3 is 0 Å². The van der Waals surface area contributed by atoms with Gasteiger partial charge in [0, 0.05) is 0 Å². The molecule has 110 valence electrons. The Morgan fingerprint density at radius 3 is 1.81 bits per heavy atom. The molecule has 2 heterocycles. The maximum atomic E-state index is 2.52. The molecule has 0 N–H and O–H groups in total.